The van der Waals surface area contributed by atoms with Crippen molar-refractivity contribution in [3.63, 3.8) is 0 Å². The first-order chi connectivity index (χ1) is 10.9. The number of nitrogens with zero attached hydrogens (tertiary/aromatic N) is 2. The van der Waals surface area contributed by atoms with Crippen LogP contribution in [-0.4, -0.2) is 32.1 Å². The first-order valence-electron chi connectivity index (χ1n) is 7.12. The van der Waals surface area contributed by atoms with Crippen molar-refractivity contribution in [3.8, 4) is 11.5 Å². The second-order valence-corrected chi connectivity index (χ2v) is 5.44. The Morgan fingerprint density at radius 1 is 1.13 bits per heavy atom. The zero-order valence-corrected chi connectivity index (χ0v) is 12.4. The lowest BCUT2D eigenvalue weighted by atomic mass is 10.0. The number of pyridine rings is 1. The summed E-state index contributed by atoms with van der Waals surface area (Å²) in [6.45, 7) is 2.26. The van der Waals surface area contributed by atoms with Gasteiger partial charge in [-0.1, -0.05) is 12.1 Å². The van der Waals surface area contributed by atoms with Crippen molar-refractivity contribution in [2.75, 3.05) is 6.54 Å². The van der Waals surface area contributed by atoms with Gasteiger partial charge in [0.1, 0.15) is 5.82 Å². The summed E-state index contributed by atoms with van der Waals surface area (Å²) < 4.78 is 14.2. The Hall–Kier alpha value is -2.83. The molecule has 7 heteroatoms. The van der Waals surface area contributed by atoms with Crippen molar-refractivity contribution in [3.05, 3.63) is 57.8 Å². The number of hydrogen-bond donors (Lipinski definition) is 2. The van der Waals surface area contributed by atoms with E-state index in [2.05, 4.69) is 0 Å². The smallest absolute Gasteiger partial charge is 0.275 e. The fraction of sp³-hybridized carbons (Fsp3) is 0.250. The van der Waals surface area contributed by atoms with E-state index >= 15 is 0 Å². The zero-order valence-electron chi connectivity index (χ0n) is 12.4. The normalized spacial score (nSPS) is 15.4. The van der Waals surface area contributed by atoms with E-state index in [0.717, 1.165) is 16.2 Å². The Kier molecular flexibility index (Phi) is 3.55. The molecular weight excluding hydrogens is 303 g/mol. The van der Waals surface area contributed by atoms with E-state index in [1.165, 1.54) is 17.0 Å². The number of aromatic nitrogens is 1. The van der Waals surface area contributed by atoms with Crippen LogP contribution >= 0.6 is 0 Å². The molecule has 2 N–H and O–H groups in total. The number of carbonyl (C=O) groups excluding carboxylic acids is 1. The minimum absolute atomic E-state index is 0.208. The van der Waals surface area contributed by atoms with Crippen molar-refractivity contribution >= 4 is 5.91 Å². The molecule has 1 aromatic carbocycles. The van der Waals surface area contributed by atoms with E-state index in [1.54, 1.807) is 19.1 Å². The van der Waals surface area contributed by atoms with Crippen LogP contribution in [0.25, 0.3) is 0 Å². The molecule has 0 saturated carbocycles. The van der Waals surface area contributed by atoms with Crippen LogP contribution in [-0.2, 0) is 6.54 Å². The van der Waals surface area contributed by atoms with Crippen LogP contribution in [0.1, 0.15) is 29.0 Å². The molecule has 0 radical (unpaired) electrons. The molecule has 2 aromatic rings. The molecule has 0 bridgehead atoms. The summed E-state index contributed by atoms with van der Waals surface area (Å²) in [4.78, 5) is 26.0. The van der Waals surface area contributed by atoms with Crippen molar-refractivity contribution in [1.29, 1.82) is 0 Å². The average molecular weight is 318 g/mol. The second kappa shape index (κ2) is 5.42. The Morgan fingerprint density at radius 3 is 2.43 bits per heavy atom. The van der Waals surface area contributed by atoms with Crippen LogP contribution in [0.3, 0.4) is 0 Å². The molecular formula is C16H15FN2O4. The third kappa shape index (κ3) is 2.44. The Bertz CT molecular complexity index is 829. The first kappa shape index (κ1) is 15.1. The predicted molar refractivity (Wildman–Crippen MR) is 79.9 cm³/mol. The summed E-state index contributed by atoms with van der Waals surface area (Å²) in [5.74, 6) is -2.15. The molecule has 120 valence electrons. The van der Waals surface area contributed by atoms with Crippen LogP contribution < -0.4 is 5.56 Å². The van der Waals surface area contributed by atoms with Gasteiger partial charge in [0.2, 0.25) is 0 Å². The van der Waals surface area contributed by atoms with Crippen LogP contribution in [0.5, 0.6) is 11.5 Å². The maximum Gasteiger partial charge on any atom is 0.275 e. The van der Waals surface area contributed by atoms with Gasteiger partial charge in [-0.25, -0.2) is 4.39 Å². The molecule has 1 aliphatic heterocycles. The van der Waals surface area contributed by atoms with Gasteiger partial charge in [0.25, 0.3) is 11.5 Å². The molecule has 23 heavy (non-hydrogen) atoms. The molecule has 1 atom stereocenters. The van der Waals surface area contributed by atoms with E-state index < -0.39 is 23.0 Å². The minimum Gasteiger partial charge on any atom is -0.504 e. The average Bonchev–Trinajstić information content (AvgIpc) is 2.52. The second-order valence-electron chi connectivity index (χ2n) is 5.44. The number of aromatic hydroxyl groups is 2. The zero-order chi connectivity index (χ0) is 16.7. The van der Waals surface area contributed by atoms with Gasteiger partial charge in [-0.2, -0.15) is 0 Å². The van der Waals surface area contributed by atoms with Gasteiger partial charge >= 0.3 is 0 Å². The van der Waals surface area contributed by atoms with Gasteiger partial charge in [0.15, 0.2) is 17.2 Å². The van der Waals surface area contributed by atoms with E-state index in [1.807, 2.05) is 0 Å². The highest BCUT2D eigenvalue weighted by molar-refractivity contribution is 5.96. The minimum atomic E-state index is -0.620. The maximum absolute atomic E-state index is 13.0. The van der Waals surface area contributed by atoms with E-state index in [0.29, 0.717) is 0 Å². The molecule has 0 saturated heterocycles. The number of benzene rings is 1. The van der Waals surface area contributed by atoms with Gasteiger partial charge in [-0.05, 0) is 24.6 Å². The number of carbonyl (C=O) groups is 1. The van der Waals surface area contributed by atoms with Crippen LogP contribution in [0.4, 0.5) is 4.39 Å². The molecule has 1 amide bonds. The predicted octanol–water partition coefficient (Wildman–Crippen LogP) is 1.62. The highest BCUT2D eigenvalue weighted by Crippen LogP contribution is 2.32. The number of hydrogen-bond acceptors (Lipinski definition) is 4. The van der Waals surface area contributed by atoms with Gasteiger partial charge in [-0.15, -0.1) is 0 Å². The third-order valence-corrected chi connectivity index (χ3v) is 4.11. The molecule has 1 unspecified atom stereocenters. The number of halogens is 1. The van der Waals surface area contributed by atoms with Gasteiger partial charge in [-0.3, -0.25) is 14.2 Å². The lowest BCUT2D eigenvalue weighted by Crippen LogP contribution is -2.45. The lowest BCUT2D eigenvalue weighted by molar-refractivity contribution is 0.0621. The topological polar surface area (TPSA) is 82.8 Å². The summed E-state index contributed by atoms with van der Waals surface area (Å²) in [7, 11) is 0. The number of amides is 1. The SMILES string of the molecule is CC(c1ccc(F)cc1)N1CCn2c(c(O)c(O)cc2=O)C1=O. The van der Waals surface area contributed by atoms with Crippen LogP contribution in [0.2, 0.25) is 0 Å². The summed E-state index contributed by atoms with van der Waals surface area (Å²) in [6, 6.07) is 6.29. The molecule has 0 fully saturated rings. The quantitative estimate of drug-likeness (QED) is 0.881. The summed E-state index contributed by atoms with van der Waals surface area (Å²) >= 11 is 0. The van der Waals surface area contributed by atoms with Gasteiger partial charge in [0.05, 0.1) is 6.04 Å². The summed E-state index contributed by atoms with van der Waals surface area (Å²) in [5.41, 5.74) is -0.0388. The van der Waals surface area contributed by atoms with Crippen LogP contribution in [0, 0.1) is 5.82 Å². The van der Waals surface area contributed by atoms with E-state index in [-0.39, 0.29) is 30.6 Å². The van der Waals surface area contributed by atoms with Crippen molar-refractivity contribution < 1.29 is 19.4 Å². The van der Waals surface area contributed by atoms with Crippen LogP contribution in [0.15, 0.2) is 35.1 Å². The van der Waals surface area contributed by atoms with Crippen molar-refractivity contribution in [2.24, 2.45) is 0 Å². The Morgan fingerprint density at radius 2 is 1.78 bits per heavy atom. The monoisotopic (exact) mass is 318 g/mol. The first-order valence-corrected chi connectivity index (χ1v) is 7.12. The van der Waals surface area contributed by atoms with E-state index in [9.17, 15) is 24.2 Å². The number of fused-ring (bicyclic) bond motifs is 1. The highest BCUT2D eigenvalue weighted by atomic mass is 19.1. The molecule has 1 aliphatic rings. The molecule has 3 rings (SSSR count). The molecule has 1 aromatic heterocycles. The highest BCUT2D eigenvalue weighted by Gasteiger charge is 2.33. The van der Waals surface area contributed by atoms with Crippen molar-refractivity contribution in [1.82, 2.24) is 9.47 Å². The summed E-state index contributed by atoms with van der Waals surface area (Å²) in [6.07, 6.45) is 0. The lowest BCUT2D eigenvalue weighted by Gasteiger charge is -2.34. The number of rotatable bonds is 2. The largest absolute Gasteiger partial charge is 0.504 e. The van der Waals surface area contributed by atoms with E-state index in [4.69, 9.17) is 0 Å². The van der Waals surface area contributed by atoms with Gasteiger partial charge < -0.3 is 15.1 Å². The Balaban J connectivity index is 2.01. The summed E-state index contributed by atoms with van der Waals surface area (Å²) in [5, 5.41) is 19.5. The fourth-order valence-electron chi connectivity index (χ4n) is 2.80. The van der Waals surface area contributed by atoms with Crippen molar-refractivity contribution in [2.45, 2.75) is 19.5 Å². The third-order valence-electron chi connectivity index (χ3n) is 4.11. The fourth-order valence-corrected chi connectivity index (χ4v) is 2.80. The Labute approximate surface area is 131 Å². The van der Waals surface area contributed by atoms with Gasteiger partial charge in [0, 0.05) is 19.2 Å². The molecule has 6 nitrogen and oxygen atoms in total. The maximum atomic E-state index is 13.0. The molecule has 0 aliphatic carbocycles. The standard InChI is InChI=1S/C16H15FN2O4/c1-9(10-2-4-11(17)5-3-10)18-6-7-19-13(21)8-12(20)15(22)14(19)16(18)23/h2-5,8-9,20,22H,6-7H2,1H3. The molecule has 2 heterocycles. The molecule has 0 spiro atoms.